The molecule has 1 amide bonds. The highest BCUT2D eigenvalue weighted by Crippen LogP contribution is 2.29. The first-order valence-corrected chi connectivity index (χ1v) is 10.6. The average Bonchev–Trinajstić information content (AvgIpc) is 2.67. The second-order valence-corrected chi connectivity index (χ2v) is 8.15. The minimum absolute atomic E-state index is 0.233. The molecule has 1 aliphatic heterocycles. The van der Waals surface area contributed by atoms with Crippen molar-refractivity contribution in [3.63, 3.8) is 0 Å². The van der Waals surface area contributed by atoms with Gasteiger partial charge in [0.1, 0.15) is 5.56 Å². The van der Waals surface area contributed by atoms with Crippen LogP contribution in [0.5, 0.6) is 0 Å². The van der Waals surface area contributed by atoms with Crippen LogP contribution in [0.2, 0.25) is 5.02 Å². The Balaban J connectivity index is 2.11. The fourth-order valence-electron chi connectivity index (χ4n) is 3.84. The Labute approximate surface area is 173 Å². The van der Waals surface area contributed by atoms with Gasteiger partial charge in [0.25, 0.3) is 5.91 Å². The maximum atomic E-state index is 13.2. The summed E-state index contributed by atoms with van der Waals surface area (Å²) < 4.78 is 2.58. The van der Waals surface area contributed by atoms with Gasteiger partial charge in [-0.15, -0.1) is 0 Å². The van der Waals surface area contributed by atoms with Crippen LogP contribution in [0.25, 0.3) is 0 Å². The van der Waals surface area contributed by atoms with Crippen molar-refractivity contribution in [2.24, 2.45) is 0 Å². The Hall–Kier alpha value is -1.59. The van der Waals surface area contributed by atoms with Crippen molar-refractivity contribution in [3.8, 4) is 0 Å². The predicted octanol–water partition coefficient (Wildman–Crippen LogP) is 5.29. The molecule has 1 aromatic heterocycles. The van der Waals surface area contributed by atoms with Crippen molar-refractivity contribution in [2.75, 3.05) is 5.32 Å². The highest BCUT2D eigenvalue weighted by molar-refractivity contribution is 9.10. The molecule has 2 aromatic rings. The van der Waals surface area contributed by atoms with Crippen molar-refractivity contribution in [2.45, 2.75) is 59.4 Å². The highest BCUT2D eigenvalue weighted by Gasteiger charge is 2.26. The number of pyridine rings is 1. The zero-order valence-electron chi connectivity index (χ0n) is 15.9. The molecule has 4 nitrogen and oxygen atoms in total. The minimum atomic E-state index is -0.335. The van der Waals surface area contributed by atoms with Gasteiger partial charge in [-0.1, -0.05) is 25.4 Å². The monoisotopic (exact) mass is 450 g/mol. The van der Waals surface area contributed by atoms with Gasteiger partial charge in [0.05, 0.1) is 4.47 Å². The minimum Gasteiger partial charge on any atom is -0.347 e. The average molecular weight is 452 g/mol. The molecule has 0 bridgehead atoms. The number of nitrogens with one attached hydrogen (secondary N) is 1. The fourth-order valence-corrected chi connectivity index (χ4v) is 4.52. The summed E-state index contributed by atoms with van der Waals surface area (Å²) in [5.74, 6) is -0.335. The number of aromatic nitrogens is 1. The number of halogens is 2. The van der Waals surface area contributed by atoms with Crippen LogP contribution in [-0.2, 0) is 25.8 Å². The second kappa shape index (κ2) is 8.19. The molecule has 0 atom stereocenters. The molecule has 6 heteroatoms. The lowest BCUT2D eigenvalue weighted by atomic mass is 9.99. The van der Waals surface area contributed by atoms with Gasteiger partial charge in [0, 0.05) is 28.6 Å². The van der Waals surface area contributed by atoms with Crippen molar-refractivity contribution in [1.82, 2.24) is 4.57 Å². The van der Waals surface area contributed by atoms with Crippen LogP contribution in [0.4, 0.5) is 5.69 Å². The number of aryl methyl sites for hydroxylation is 2. The van der Waals surface area contributed by atoms with Gasteiger partial charge in [-0.3, -0.25) is 9.59 Å². The lowest BCUT2D eigenvalue weighted by Gasteiger charge is -2.25. The molecule has 0 fully saturated rings. The molecular weight excluding hydrogens is 428 g/mol. The van der Waals surface area contributed by atoms with Crippen LogP contribution in [0.1, 0.15) is 59.6 Å². The second-order valence-electron chi connectivity index (χ2n) is 6.92. The van der Waals surface area contributed by atoms with E-state index in [-0.39, 0.29) is 16.9 Å². The summed E-state index contributed by atoms with van der Waals surface area (Å²) in [7, 11) is 0. The van der Waals surface area contributed by atoms with Crippen molar-refractivity contribution < 1.29 is 4.79 Å². The maximum Gasteiger partial charge on any atom is 0.261 e. The molecule has 0 spiro atoms. The van der Waals surface area contributed by atoms with Crippen molar-refractivity contribution >= 4 is 39.1 Å². The standard InChI is InChI=1S/C21H24BrClN2O2/c1-4-13-10-15(23)11-14(5-2)19(13)24-21(27)17-16-8-6-7-9-25(16)12(3)18(22)20(17)26/h10-11H,4-9H2,1-3H3,(H,24,27). The Morgan fingerprint density at radius 1 is 1.22 bits per heavy atom. The molecule has 0 unspecified atom stereocenters. The first-order valence-electron chi connectivity index (χ1n) is 9.43. The van der Waals surface area contributed by atoms with Gasteiger partial charge in [-0.05, 0) is 78.2 Å². The quantitative estimate of drug-likeness (QED) is 0.687. The zero-order chi connectivity index (χ0) is 19.7. The Morgan fingerprint density at radius 3 is 2.44 bits per heavy atom. The van der Waals surface area contributed by atoms with Gasteiger partial charge < -0.3 is 9.88 Å². The van der Waals surface area contributed by atoms with E-state index in [2.05, 4.69) is 25.8 Å². The van der Waals surface area contributed by atoms with E-state index < -0.39 is 0 Å². The number of hydrogen-bond donors (Lipinski definition) is 1. The SMILES string of the molecule is CCc1cc(Cl)cc(CC)c1NC(=O)c1c2n(c(C)c(Br)c1=O)CCCC2. The van der Waals surface area contributed by atoms with Gasteiger partial charge in [-0.2, -0.15) is 0 Å². The van der Waals surface area contributed by atoms with Crippen LogP contribution < -0.4 is 10.7 Å². The molecule has 1 N–H and O–H groups in total. The third kappa shape index (κ3) is 3.72. The molecular formula is C21H24BrClN2O2. The fraction of sp³-hybridized carbons (Fsp3) is 0.429. The Morgan fingerprint density at radius 2 is 1.85 bits per heavy atom. The summed E-state index contributed by atoms with van der Waals surface area (Å²) in [6.07, 6.45) is 4.28. The molecule has 0 saturated heterocycles. The molecule has 2 heterocycles. The normalized spacial score (nSPS) is 13.4. The molecule has 0 radical (unpaired) electrons. The molecule has 0 aliphatic carbocycles. The number of anilines is 1. The first kappa shape index (κ1) is 20.2. The van der Waals surface area contributed by atoms with Gasteiger partial charge in [0.15, 0.2) is 0 Å². The summed E-state index contributed by atoms with van der Waals surface area (Å²) in [4.78, 5) is 26.1. The number of fused-ring (bicyclic) bond motifs is 1. The van der Waals surface area contributed by atoms with E-state index >= 15 is 0 Å². The molecule has 1 aromatic carbocycles. The third-order valence-electron chi connectivity index (χ3n) is 5.30. The summed E-state index contributed by atoms with van der Waals surface area (Å²) in [5.41, 5.74) is 4.49. The van der Waals surface area contributed by atoms with Gasteiger partial charge in [0.2, 0.25) is 5.43 Å². The summed E-state index contributed by atoms with van der Waals surface area (Å²) in [5, 5.41) is 3.69. The number of nitrogens with zero attached hydrogens (tertiary/aromatic N) is 1. The van der Waals surface area contributed by atoms with E-state index in [1.54, 1.807) is 0 Å². The lowest BCUT2D eigenvalue weighted by molar-refractivity contribution is 0.102. The van der Waals surface area contributed by atoms with E-state index in [0.29, 0.717) is 9.50 Å². The molecule has 3 rings (SSSR count). The number of amides is 1. The van der Waals surface area contributed by atoms with E-state index in [1.165, 1.54) is 0 Å². The van der Waals surface area contributed by atoms with E-state index in [9.17, 15) is 9.59 Å². The number of hydrogen-bond acceptors (Lipinski definition) is 2. The van der Waals surface area contributed by atoms with Crippen LogP contribution in [0.15, 0.2) is 21.4 Å². The van der Waals surface area contributed by atoms with E-state index in [4.69, 9.17) is 11.6 Å². The summed E-state index contributed by atoms with van der Waals surface area (Å²) in [6, 6.07) is 3.76. The van der Waals surface area contributed by atoms with Crippen LogP contribution in [-0.4, -0.2) is 10.5 Å². The largest absolute Gasteiger partial charge is 0.347 e. The summed E-state index contributed by atoms with van der Waals surface area (Å²) in [6.45, 7) is 6.81. The highest BCUT2D eigenvalue weighted by atomic mass is 79.9. The van der Waals surface area contributed by atoms with Gasteiger partial charge in [-0.25, -0.2) is 0 Å². The number of carbonyl (C=O) groups excluding carboxylic acids is 1. The summed E-state index contributed by atoms with van der Waals surface area (Å²) >= 11 is 9.62. The van der Waals surface area contributed by atoms with Crippen LogP contribution in [0, 0.1) is 6.92 Å². The predicted molar refractivity (Wildman–Crippen MR) is 114 cm³/mol. The van der Waals surface area contributed by atoms with Crippen molar-refractivity contribution in [3.05, 3.63) is 59.9 Å². The van der Waals surface area contributed by atoms with Crippen LogP contribution >= 0.6 is 27.5 Å². The van der Waals surface area contributed by atoms with Crippen molar-refractivity contribution in [1.29, 1.82) is 0 Å². The van der Waals surface area contributed by atoms with E-state index in [0.717, 1.165) is 66.9 Å². The molecule has 27 heavy (non-hydrogen) atoms. The number of carbonyl (C=O) groups is 1. The van der Waals surface area contributed by atoms with Gasteiger partial charge >= 0.3 is 0 Å². The molecule has 0 saturated carbocycles. The topological polar surface area (TPSA) is 51.1 Å². The first-order chi connectivity index (χ1) is 12.9. The number of rotatable bonds is 4. The molecule has 1 aliphatic rings. The third-order valence-corrected chi connectivity index (χ3v) is 6.45. The Kier molecular flexibility index (Phi) is 6.11. The lowest BCUT2D eigenvalue weighted by Crippen LogP contribution is -2.31. The van der Waals surface area contributed by atoms with Crippen LogP contribution in [0.3, 0.4) is 0 Å². The Bertz CT molecular complexity index is 941. The maximum absolute atomic E-state index is 13.2. The molecule has 144 valence electrons. The number of benzene rings is 1. The van der Waals surface area contributed by atoms with E-state index in [1.807, 2.05) is 32.9 Å². The smallest absolute Gasteiger partial charge is 0.261 e. The zero-order valence-corrected chi connectivity index (χ0v) is 18.3.